The summed E-state index contributed by atoms with van der Waals surface area (Å²) in [5.74, 6) is 0.192. The molecule has 0 unspecified atom stereocenters. The van der Waals surface area contributed by atoms with E-state index < -0.39 is 11.6 Å². The largest absolute Gasteiger partial charge is 0.495 e. The molecule has 0 aliphatic carbocycles. The van der Waals surface area contributed by atoms with Gasteiger partial charge in [-0.25, -0.2) is 0 Å². The average Bonchev–Trinajstić information content (AvgIpc) is 3.38. The van der Waals surface area contributed by atoms with Crippen molar-refractivity contribution in [3.8, 4) is 5.75 Å². The molecule has 2 fully saturated rings. The highest BCUT2D eigenvalue weighted by Gasteiger charge is 2.59. The lowest BCUT2D eigenvalue weighted by atomic mass is 9.76. The SMILES string of the molecule is COc1ccccc1N1CCN(C(=O)[C@H]2c3ccccc3C(=O)N3CCO[C@@]23Cc2ccccc2)CC1. The fraction of sp³-hybridized carbons (Fsp3) is 0.333. The number of carbonyl (C=O) groups excluding carboxylic acids is 2. The van der Waals surface area contributed by atoms with Gasteiger partial charge in [-0.15, -0.1) is 0 Å². The van der Waals surface area contributed by atoms with Gasteiger partial charge in [-0.05, 0) is 29.3 Å². The van der Waals surface area contributed by atoms with Gasteiger partial charge in [-0.2, -0.15) is 0 Å². The highest BCUT2D eigenvalue weighted by atomic mass is 16.5. The summed E-state index contributed by atoms with van der Waals surface area (Å²) in [6.07, 6.45) is 0.464. The van der Waals surface area contributed by atoms with Gasteiger partial charge in [0.1, 0.15) is 11.7 Å². The fourth-order valence-corrected chi connectivity index (χ4v) is 6.13. The van der Waals surface area contributed by atoms with Gasteiger partial charge in [0.15, 0.2) is 5.72 Å². The third kappa shape index (κ3) is 3.94. The zero-order chi connectivity index (χ0) is 25.4. The van der Waals surface area contributed by atoms with E-state index in [4.69, 9.17) is 9.47 Å². The highest BCUT2D eigenvalue weighted by molar-refractivity contribution is 6.02. The Balaban J connectivity index is 1.33. The molecule has 3 aromatic rings. The summed E-state index contributed by atoms with van der Waals surface area (Å²) in [5.41, 5.74) is 2.40. The molecule has 2 amide bonds. The average molecular weight is 498 g/mol. The molecule has 190 valence electrons. The zero-order valence-electron chi connectivity index (χ0n) is 21.0. The van der Waals surface area contributed by atoms with Crippen molar-refractivity contribution in [3.63, 3.8) is 0 Å². The van der Waals surface area contributed by atoms with Gasteiger partial charge in [0.25, 0.3) is 5.91 Å². The molecule has 0 N–H and O–H groups in total. The number of rotatable bonds is 5. The van der Waals surface area contributed by atoms with Crippen LogP contribution in [0, 0.1) is 0 Å². The molecule has 0 aromatic heterocycles. The predicted octanol–water partition coefficient (Wildman–Crippen LogP) is 3.55. The van der Waals surface area contributed by atoms with Crippen LogP contribution in [0.1, 0.15) is 27.4 Å². The molecule has 0 radical (unpaired) electrons. The third-order valence-corrected chi connectivity index (χ3v) is 7.89. The van der Waals surface area contributed by atoms with Gasteiger partial charge in [0.2, 0.25) is 5.91 Å². The summed E-state index contributed by atoms with van der Waals surface area (Å²) in [4.78, 5) is 34.0. The second kappa shape index (κ2) is 9.56. The van der Waals surface area contributed by atoms with E-state index in [9.17, 15) is 9.59 Å². The summed E-state index contributed by atoms with van der Waals surface area (Å²) >= 11 is 0. The van der Waals surface area contributed by atoms with Gasteiger partial charge in [0, 0.05) is 44.7 Å². The normalized spacial score (nSPS) is 23.0. The van der Waals surface area contributed by atoms with Crippen molar-refractivity contribution in [3.05, 3.63) is 95.6 Å². The number of nitrogens with zero attached hydrogens (tertiary/aromatic N) is 3. The second-order valence-electron chi connectivity index (χ2n) is 9.82. The Morgan fingerprint density at radius 3 is 2.41 bits per heavy atom. The van der Waals surface area contributed by atoms with Crippen LogP contribution in [-0.4, -0.2) is 73.8 Å². The number of methoxy groups -OCH3 is 1. The number of anilines is 1. The van der Waals surface area contributed by atoms with E-state index in [0.29, 0.717) is 51.3 Å². The lowest BCUT2D eigenvalue weighted by molar-refractivity contribution is -0.150. The minimum absolute atomic E-state index is 0.0162. The monoisotopic (exact) mass is 497 g/mol. The Kier molecular flexibility index (Phi) is 6.08. The molecule has 3 aliphatic heterocycles. The number of piperazine rings is 1. The number of fused-ring (bicyclic) bond motifs is 2. The number of ether oxygens (including phenoxy) is 2. The minimum Gasteiger partial charge on any atom is -0.495 e. The Hall–Kier alpha value is -3.84. The van der Waals surface area contributed by atoms with E-state index in [2.05, 4.69) is 11.0 Å². The van der Waals surface area contributed by atoms with Gasteiger partial charge in [0.05, 0.1) is 19.4 Å². The van der Waals surface area contributed by atoms with Crippen molar-refractivity contribution in [2.75, 3.05) is 51.3 Å². The number of benzene rings is 3. The summed E-state index contributed by atoms with van der Waals surface area (Å²) in [6, 6.07) is 25.5. The molecule has 2 saturated heterocycles. The van der Waals surface area contributed by atoms with Gasteiger partial charge in [-0.3, -0.25) is 9.59 Å². The summed E-state index contributed by atoms with van der Waals surface area (Å²) in [7, 11) is 1.68. The number of hydrogen-bond donors (Lipinski definition) is 0. The van der Waals surface area contributed by atoms with Gasteiger partial charge in [-0.1, -0.05) is 60.7 Å². The molecule has 37 heavy (non-hydrogen) atoms. The van der Waals surface area contributed by atoms with Crippen molar-refractivity contribution in [2.45, 2.75) is 18.1 Å². The van der Waals surface area contributed by atoms with Crippen LogP contribution in [0.3, 0.4) is 0 Å². The Bertz CT molecular complexity index is 1300. The molecular weight excluding hydrogens is 466 g/mol. The maximum atomic E-state index is 14.4. The first kappa shape index (κ1) is 23.6. The number of hydrogen-bond acceptors (Lipinski definition) is 5. The molecule has 0 saturated carbocycles. The van der Waals surface area contributed by atoms with Gasteiger partial charge < -0.3 is 24.2 Å². The van der Waals surface area contributed by atoms with Crippen molar-refractivity contribution in [1.29, 1.82) is 0 Å². The molecule has 3 heterocycles. The minimum atomic E-state index is -1.04. The van der Waals surface area contributed by atoms with Crippen molar-refractivity contribution < 1.29 is 19.1 Å². The first-order valence-corrected chi connectivity index (χ1v) is 12.9. The van der Waals surface area contributed by atoms with E-state index in [1.807, 2.05) is 77.7 Å². The number of para-hydroxylation sites is 2. The summed E-state index contributed by atoms with van der Waals surface area (Å²) in [6.45, 7) is 3.48. The molecule has 2 atom stereocenters. The summed E-state index contributed by atoms with van der Waals surface area (Å²) < 4.78 is 12.0. The van der Waals surface area contributed by atoms with Crippen molar-refractivity contribution >= 4 is 17.5 Å². The third-order valence-electron chi connectivity index (χ3n) is 7.89. The summed E-state index contributed by atoms with van der Waals surface area (Å²) in [5, 5.41) is 0. The van der Waals surface area contributed by atoms with Crippen molar-refractivity contribution in [2.24, 2.45) is 0 Å². The van der Waals surface area contributed by atoms with E-state index >= 15 is 0 Å². The molecule has 7 heteroatoms. The molecule has 3 aliphatic rings. The second-order valence-corrected chi connectivity index (χ2v) is 9.82. The Morgan fingerprint density at radius 1 is 0.919 bits per heavy atom. The topological polar surface area (TPSA) is 62.3 Å². The van der Waals surface area contributed by atoms with Crippen LogP contribution in [0.4, 0.5) is 5.69 Å². The number of amides is 2. The number of carbonyl (C=O) groups is 2. The molecule has 6 rings (SSSR count). The van der Waals surface area contributed by atoms with E-state index in [-0.39, 0.29) is 11.8 Å². The van der Waals surface area contributed by atoms with E-state index in [0.717, 1.165) is 22.6 Å². The van der Waals surface area contributed by atoms with Crippen molar-refractivity contribution in [1.82, 2.24) is 9.80 Å². The predicted molar refractivity (Wildman–Crippen MR) is 141 cm³/mol. The zero-order valence-corrected chi connectivity index (χ0v) is 21.0. The van der Waals surface area contributed by atoms with Gasteiger partial charge >= 0.3 is 0 Å². The van der Waals surface area contributed by atoms with E-state index in [1.54, 1.807) is 12.0 Å². The quantitative estimate of drug-likeness (QED) is 0.540. The van der Waals surface area contributed by atoms with Crippen LogP contribution in [0.15, 0.2) is 78.9 Å². The van der Waals surface area contributed by atoms with Crippen LogP contribution >= 0.6 is 0 Å². The van der Waals surface area contributed by atoms with Crippen LogP contribution in [-0.2, 0) is 16.0 Å². The molecule has 0 bridgehead atoms. The lowest BCUT2D eigenvalue weighted by Crippen LogP contribution is -2.62. The molecule has 7 nitrogen and oxygen atoms in total. The molecule has 3 aromatic carbocycles. The lowest BCUT2D eigenvalue weighted by Gasteiger charge is -2.48. The van der Waals surface area contributed by atoms with Crippen LogP contribution in [0.5, 0.6) is 5.75 Å². The highest BCUT2D eigenvalue weighted by Crippen LogP contribution is 2.47. The standard InChI is InChI=1S/C30H31N3O4/c1-36-26-14-8-7-13-25(26)31-15-17-32(18-16-31)29(35)27-23-11-5-6-12-24(23)28(34)33-19-20-37-30(27,33)21-22-9-3-2-4-10-22/h2-14,27H,15-21H2,1H3/t27-,30+/m1/s1. The Labute approximate surface area is 217 Å². The Morgan fingerprint density at radius 2 is 1.62 bits per heavy atom. The van der Waals surface area contributed by atoms with Crippen LogP contribution in [0.25, 0.3) is 0 Å². The van der Waals surface area contributed by atoms with E-state index in [1.165, 1.54) is 0 Å². The smallest absolute Gasteiger partial charge is 0.256 e. The van der Waals surface area contributed by atoms with Crippen LogP contribution in [0.2, 0.25) is 0 Å². The molecule has 0 spiro atoms. The first-order valence-electron chi connectivity index (χ1n) is 12.9. The van der Waals surface area contributed by atoms with Crippen LogP contribution < -0.4 is 9.64 Å². The fourth-order valence-electron chi connectivity index (χ4n) is 6.13. The maximum absolute atomic E-state index is 14.4. The maximum Gasteiger partial charge on any atom is 0.256 e. The molecular formula is C30H31N3O4. The first-order chi connectivity index (χ1) is 18.1.